The molecule has 8 heteroatoms. The van der Waals surface area contributed by atoms with E-state index in [-0.39, 0.29) is 23.3 Å². The van der Waals surface area contributed by atoms with E-state index < -0.39 is 17.7 Å². The molecule has 2 fully saturated rings. The van der Waals surface area contributed by atoms with E-state index in [4.69, 9.17) is 9.47 Å². The summed E-state index contributed by atoms with van der Waals surface area (Å²) in [5, 5.41) is 19.6. The lowest BCUT2D eigenvalue weighted by Crippen LogP contribution is -2.30. The van der Waals surface area contributed by atoms with Gasteiger partial charge in [0.25, 0.3) is 5.78 Å². The smallest absolute Gasteiger partial charge is 0.301 e. The van der Waals surface area contributed by atoms with E-state index in [2.05, 4.69) is 24.0 Å². The van der Waals surface area contributed by atoms with Gasteiger partial charge in [-0.25, -0.2) is 0 Å². The van der Waals surface area contributed by atoms with E-state index in [1.807, 2.05) is 36.4 Å². The lowest BCUT2D eigenvalue weighted by molar-refractivity contribution is -0.132. The minimum Gasteiger partial charge on any atom is -0.507 e. The van der Waals surface area contributed by atoms with Crippen molar-refractivity contribution in [3.05, 3.63) is 88.6 Å². The Bertz CT molecular complexity index is 1340. The number of hydrogen-bond donors (Lipinski definition) is 1. The van der Waals surface area contributed by atoms with Crippen molar-refractivity contribution in [2.45, 2.75) is 51.7 Å². The van der Waals surface area contributed by atoms with Crippen LogP contribution in [0.1, 0.15) is 61.0 Å². The van der Waals surface area contributed by atoms with Crippen molar-refractivity contribution in [2.24, 2.45) is 0 Å². The molecule has 0 bridgehead atoms. The van der Waals surface area contributed by atoms with Crippen molar-refractivity contribution in [3.63, 3.8) is 0 Å². The van der Waals surface area contributed by atoms with Crippen LogP contribution in [-0.4, -0.2) is 46.3 Å². The minimum absolute atomic E-state index is 0.00719. The number of carbonyl (C=O) groups is 2. The summed E-state index contributed by atoms with van der Waals surface area (Å²) >= 11 is 0. The number of aryl methyl sites for hydroxylation is 1. The zero-order chi connectivity index (χ0) is 26.8. The molecule has 1 atom stereocenters. The second kappa shape index (κ2) is 10.8. The quantitative estimate of drug-likeness (QED) is 0.278. The zero-order valence-electron chi connectivity index (χ0n) is 21.8. The second-order valence-electron chi connectivity index (χ2n) is 9.98. The molecule has 2 saturated heterocycles. The summed E-state index contributed by atoms with van der Waals surface area (Å²) in [6.45, 7) is 7.30. The molecule has 0 saturated carbocycles. The SMILES string of the molecule is Cc1ccc(N2C(=O)C(=O)C(=C(O)c3ccc(C(C)C)cc3)C2c2ccc(OC3CCOCC3)cc2)nn1. The van der Waals surface area contributed by atoms with E-state index in [0.717, 1.165) is 18.4 Å². The summed E-state index contributed by atoms with van der Waals surface area (Å²) in [7, 11) is 0. The standard InChI is InChI=1S/C30H31N3O5/c1-18(2)20-5-7-22(8-6-20)28(34)26-27(33(30(36)29(26)35)25-13-4-19(3)31-32-25)21-9-11-23(12-10-21)38-24-14-16-37-17-15-24/h4-13,18,24,27,34H,14-17H2,1-3H3. The van der Waals surface area contributed by atoms with Crippen LogP contribution in [0.15, 0.2) is 66.2 Å². The molecule has 8 nitrogen and oxygen atoms in total. The first-order chi connectivity index (χ1) is 18.3. The number of Topliss-reactive ketones (excluding diaryl/α,β-unsaturated/α-hetero) is 1. The number of benzene rings is 2. The summed E-state index contributed by atoms with van der Waals surface area (Å²) in [6.07, 6.45) is 1.73. The molecule has 2 aliphatic heterocycles. The average Bonchev–Trinajstić information content (AvgIpc) is 3.20. The van der Waals surface area contributed by atoms with Gasteiger partial charge in [-0.15, -0.1) is 5.10 Å². The Labute approximate surface area is 221 Å². The van der Waals surface area contributed by atoms with Crippen LogP contribution < -0.4 is 9.64 Å². The van der Waals surface area contributed by atoms with E-state index in [1.165, 1.54) is 4.90 Å². The van der Waals surface area contributed by atoms with Crippen molar-refractivity contribution < 1.29 is 24.2 Å². The van der Waals surface area contributed by atoms with Crippen molar-refractivity contribution in [1.82, 2.24) is 10.2 Å². The van der Waals surface area contributed by atoms with Gasteiger partial charge in [-0.05, 0) is 48.2 Å². The molecule has 2 aromatic carbocycles. The molecule has 1 unspecified atom stereocenters. The molecular weight excluding hydrogens is 482 g/mol. The van der Waals surface area contributed by atoms with E-state index >= 15 is 0 Å². The Balaban J connectivity index is 1.56. The number of carbonyl (C=O) groups excluding carboxylic acids is 2. The predicted octanol–water partition coefficient (Wildman–Crippen LogP) is 5.09. The maximum Gasteiger partial charge on any atom is 0.301 e. The highest BCUT2D eigenvalue weighted by Crippen LogP contribution is 2.42. The number of amides is 1. The first-order valence-corrected chi connectivity index (χ1v) is 12.9. The fraction of sp³-hybridized carbons (Fsp3) is 0.333. The summed E-state index contributed by atoms with van der Waals surface area (Å²) < 4.78 is 11.5. The van der Waals surface area contributed by atoms with Crippen LogP contribution in [0, 0.1) is 6.92 Å². The molecule has 38 heavy (non-hydrogen) atoms. The van der Waals surface area contributed by atoms with Gasteiger partial charge >= 0.3 is 5.91 Å². The Hall–Kier alpha value is -4.04. The van der Waals surface area contributed by atoms with Gasteiger partial charge in [0.2, 0.25) is 0 Å². The minimum atomic E-state index is -0.881. The van der Waals surface area contributed by atoms with Crippen molar-refractivity contribution in [2.75, 3.05) is 18.1 Å². The number of ketones is 1. The number of ether oxygens (including phenoxy) is 2. The number of rotatable bonds is 6. The van der Waals surface area contributed by atoms with Gasteiger partial charge in [0.1, 0.15) is 17.6 Å². The third kappa shape index (κ3) is 5.04. The van der Waals surface area contributed by atoms with Crippen molar-refractivity contribution in [3.8, 4) is 5.75 Å². The summed E-state index contributed by atoms with van der Waals surface area (Å²) in [5.41, 5.74) is 2.90. The summed E-state index contributed by atoms with van der Waals surface area (Å²) in [6, 6.07) is 17.1. The van der Waals surface area contributed by atoms with Crippen LogP contribution in [0.3, 0.4) is 0 Å². The van der Waals surface area contributed by atoms with Gasteiger partial charge in [-0.1, -0.05) is 50.2 Å². The largest absolute Gasteiger partial charge is 0.507 e. The Morgan fingerprint density at radius 1 is 0.974 bits per heavy atom. The number of hydrogen-bond acceptors (Lipinski definition) is 7. The van der Waals surface area contributed by atoms with Gasteiger partial charge in [0, 0.05) is 18.4 Å². The van der Waals surface area contributed by atoms with Gasteiger partial charge < -0.3 is 14.6 Å². The molecule has 0 radical (unpaired) electrons. The number of aliphatic hydroxyl groups excluding tert-OH is 1. The van der Waals surface area contributed by atoms with Crippen molar-refractivity contribution >= 4 is 23.3 Å². The van der Waals surface area contributed by atoms with Crippen molar-refractivity contribution in [1.29, 1.82) is 0 Å². The molecule has 3 heterocycles. The van der Waals surface area contributed by atoms with Crippen LogP contribution in [0.5, 0.6) is 5.75 Å². The molecule has 196 valence electrons. The predicted molar refractivity (Wildman–Crippen MR) is 143 cm³/mol. The van der Waals surface area contributed by atoms with Crippen LogP contribution >= 0.6 is 0 Å². The summed E-state index contributed by atoms with van der Waals surface area (Å²) in [5.74, 6) is -0.523. The number of nitrogens with zero attached hydrogens (tertiary/aromatic N) is 3. The van der Waals surface area contributed by atoms with Gasteiger partial charge in [-0.3, -0.25) is 14.5 Å². The molecule has 1 amide bonds. The highest BCUT2D eigenvalue weighted by Gasteiger charge is 2.47. The van der Waals surface area contributed by atoms with Crippen LogP contribution in [0.4, 0.5) is 5.82 Å². The summed E-state index contributed by atoms with van der Waals surface area (Å²) in [4.78, 5) is 28.0. The van der Waals surface area contributed by atoms with Crippen LogP contribution in [0.25, 0.3) is 5.76 Å². The fourth-order valence-electron chi connectivity index (χ4n) is 4.80. The van der Waals surface area contributed by atoms with E-state index in [1.54, 1.807) is 31.2 Å². The maximum absolute atomic E-state index is 13.4. The third-order valence-corrected chi connectivity index (χ3v) is 6.99. The molecular formula is C30H31N3O5. The monoisotopic (exact) mass is 513 g/mol. The lowest BCUT2D eigenvalue weighted by Gasteiger charge is -2.25. The Morgan fingerprint density at radius 3 is 2.26 bits per heavy atom. The number of aliphatic hydroxyl groups is 1. The maximum atomic E-state index is 13.4. The van der Waals surface area contributed by atoms with E-state index in [9.17, 15) is 14.7 Å². The molecule has 0 aliphatic carbocycles. The molecule has 1 aromatic heterocycles. The molecule has 1 N–H and O–H groups in total. The topological polar surface area (TPSA) is 102 Å². The molecule has 3 aromatic rings. The molecule has 5 rings (SSSR count). The Morgan fingerprint density at radius 2 is 1.66 bits per heavy atom. The first kappa shape index (κ1) is 25.6. The van der Waals surface area contributed by atoms with Gasteiger partial charge in [0.05, 0.1) is 30.5 Å². The normalized spacial score (nSPS) is 19.8. The van der Waals surface area contributed by atoms with Crippen LogP contribution in [-0.2, 0) is 14.3 Å². The second-order valence-corrected chi connectivity index (χ2v) is 9.98. The Kier molecular flexibility index (Phi) is 7.24. The lowest BCUT2D eigenvalue weighted by atomic mass is 9.94. The van der Waals surface area contributed by atoms with Gasteiger partial charge in [0.15, 0.2) is 5.82 Å². The molecule has 2 aliphatic rings. The van der Waals surface area contributed by atoms with Gasteiger partial charge in [-0.2, -0.15) is 5.10 Å². The van der Waals surface area contributed by atoms with E-state index in [0.29, 0.717) is 41.7 Å². The average molecular weight is 514 g/mol. The first-order valence-electron chi connectivity index (χ1n) is 12.9. The highest BCUT2D eigenvalue weighted by molar-refractivity contribution is 6.51. The fourth-order valence-corrected chi connectivity index (χ4v) is 4.80. The van der Waals surface area contributed by atoms with Crippen LogP contribution in [0.2, 0.25) is 0 Å². The third-order valence-electron chi connectivity index (χ3n) is 6.99. The number of anilines is 1. The zero-order valence-corrected chi connectivity index (χ0v) is 21.8. The highest BCUT2D eigenvalue weighted by atomic mass is 16.5. The number of aromatic nitrogens is 2. The molecule has 0 spiro atoms.